The number of hydroxylamine groups is 3. The van der Waals surface area contributed by atoms with E-state index < -0.39 is 5.60 Å². The molecular weight excluding hydrogens is 278 g/mol. The number of likely N-dealkylation sites (N-methyl/N-ethyl adjacent to an activating group) is 1. The second kappa shape index (κ2) is 7.64. The second-order valence-electron chi connectivity index (χ2n) is 6.61. The molecule has 0 aliphatic heterocycles. The number of benzene rings is 1. The Bertz CT molecular complexity index is 500. The van der Waals surface area contributed by atoms with Crippen molar-refractivity contribution in [3.8, 4) is 18.1 Å². The molecule has 22 heavy (non-hydrogen) atoms. The first kappa shape index (κ1) is 18.5. The van der Waals surface area contributed by atoms with Gasteiger partial charge in [0.2, 0.25) is 0 Å². The van der Waals surface area contributed by atoms with Gasteiger partial charge >= 0.3 is 0 Å². The first-order valence-electron chi connectivity index (χ1n) is 7.60. The van der Waals surface area contributed by atoms with Gasteiger partial charge in [0.15, 0.2) is 6.54 Å². The van der Waals surface area contributed by atoms with Gasteiger partial charge in [0.1, 0.15) is 17.4 Å². The fourth-order valence-electron chi connectivity index (χ4n) is 2.21. The number of aliphatic hydroxyl groups excluding tert-OH is 1. The van der Waals surface area contributed by atoms with Gasteiger partial charge in [0, 0.05) is 19.4 Å². The zero-order chi connectivity index (χ0) is 16.8. The van der Waals surface area contributed by atoms with Crippen molar-refractivity contribution in [2.75, 3.05) is 20.2 Å². The van der Waals surface area contributed by atoms with Crippen molar-refractivity contribution in [2.24, 2.45) is 0 Å². The molecule has 0 saturated carbocycles. The van der Waals surface area contributed by atoms with Crippen LogP contribution in [0.15, 0.2) is 24.3 Å². The van der Waals surface area contributed by atoms with Crippen LogP contribution >= 0.6 is 0 Å². The molecule has 0 radical (unpaired) electrons. The maximum Gasteiger partial charge on any atom is 0.170 e. The predicted octanol–water partition coefficient (Wildman–Crippen LogP) is 2.63. The third-order valence-corrected chi connectivity index (χ3v) is 3.92. The summed E-state index contributed by atoms with van der Waals surface area (Å²) in [6.45, 7) is 6.27. The van der Waals surface area contributed by atoms with E-state index in [0.717, 1.165) is 17.7 Å². The molecule has 0 bridgehead atoms. The van der Waals surface area contributed by atoms with Crippen molar-refractivity contribution >= 4 is 0 Å². The summed E-state index contributed by atoms with van der Waals surface area (Å²) in [6, 6.07) is 7.84. The van der Waals surface area contributed by atoms with E-state index in [1.165, 1.54) is 0 Å². The smallest absolute Gasteiger partial charge is 0.170 e. The largest absolute Gasteiger partial charge is 0.488 e. The van der Waals surface area contributed by atoms with Crippen molar-refractivity contribution in [1.82, 2.24) is 0 Å². The van der Waals surface area contributed by atoms with Gasteiger partial charge in [-0.3, -0.25) is 0 Å². The van der Waals surface area contributed by atoms with Gasteiger partial charge in [0.05, 0.1) is 7.05 Å². The first-order chi connectivity index (χ1) is 10.2. The van der Waals surface area contributed by atoms with Gasteiger partial charge in [-0.1, -0.05) is 12.1 Å². The molecular formula is C18H28NO3+. The summed E-state index contributed by atoms with van der Waals surface area (Å²) in [5.41, 5.74) is 0.729. The molecule has 2 atom stereocenters. The second-order valence-corrected chi connectivity index (χ2v) is 6.61. The molecule has 0 saturated heterocycles. The molecule has 1 rings (SSSR count). The minimum atomic E-state index is -0.392. The molecule has 1 aromatic rings. The molecule has 0 aliphatic carbocycles. The summed E-state index contributed by atoms with van der Waals surface area (Å²) in [4.78, 5) is 0. The molecule has 0 fully saturated rings. The number of aliphatic hydroxyl groups is 1. The Hall–Kier alpha value is -1.54. The molecule has 4 heteroatoms. The maximum atomic E-state index is 10.3. The number of terminal acetylenes is 1. The first-order valence-corrected chi connectivity index (χ1v) is 7.60. The Labute approximate surface area is 133 Å². The highest BCUT2D eigenvalue weighted by Gasteiger charge is 2.26. The van der Waals surface area contributed by atoms with Crippen LogP contribution in [0.4, 0.5) is 0 Å². The Morgan fingerprint density at radius 3 is 2.41 bits per heavy atom. The third-order valence-electron chi connectivity index (χ3n) is 3.92. The number of quaternary nitrogens is 1. The van der Waals surface area contributed by atoms with E-state index in [2.05, 4.69) is 5.92 Å². The molecule has 0 spiro atoms. The molecule has 2 unspecified atom stereocenters. The highest BCUT2D eigenvalue weighted by atomic mass is 16.5. The van der Waals surface area contributed by atoms with Crippen LogP contribution in [0, 0.1) is 12.3 Å². The minimum Gasteiger partial charge on any atom is -0.488 e. The standard InChI is InChI=1S/C18H28NO3/c1-6-12-19(5,21)15(2)14-16-7-9-17(10-8-16)22-18(3,4)11-13-20/h1,7-10,15,20-21H,11-14H2,2-5H3/q+1. The Balaban J connectivity index is 2.68. The summed E-state index contributed by atoms with van der Waals surface area (Å²) in [6.07, 6.45) is 6.60. The van der Waals surface area contributed by atoms with Gasteiger partial charge in [0.25, 0.3) is 0 Å². The fourth-order valence-corrected chi connectivity index (χ4v) is 2.21. The van der Waals surface area contributed by atoms with Gasteiger partial charge in [-0.15, -0.1) is 6.42 Å². The van der Waals surface area contributed by atoms with Crippen LogP contribution < -0.4 is 4.74 Å². The number of hydrogen-bond acceptors (Lipinski definition) is 3. The van der Waals surface area contributed by atoms with E-state index in [4.69, 9.17) is 16.3 Å². The van der Waals surface area contributed by atoms with Crippen LogP contribution in [0.25, 0.3) is 0 Å². The molecule has 122 valence electrons. The minimum absolute atomic E-state index is 0.00801. The molecule has 4 nitrogen and oxygen atoms in total. The zero-order valence-electron chi connectivity index (χ0n) is 14.0. The summed E-state index contributed by atoms with van der Waals surface area (Å²) >= 11 is 0. The molecule has 1 aromatic carbocycles. The average molecular weight is 306 g/mol. The molecule has 0 aliphatic rings. The Kier molecular flexibility index (Phi) is 6.43. The van der Waals surface area contributed by atoms with Crippen molar-refractivity contribution in [3.05, 3.63) is 29.8 Å². The topological polar surface area (TPSA) is 49.7 Å². The van der Waals surface area contributed by atoms with Crippen molar-refractivity contribution in [1.29, 1.82) is 0 Å². The van der Waals surface area contributed by atoms with Crippen LogP contribution in [0.2, 0.25) is 0 Å². The van der Waals surface area contributed by atoms with Crippen LogP contribution in [0.3, 0.4) is 0 Å². The van der Waals surface area contributed by atoms with E-state index >= 15 is 0 Å². The van der Waals surface area contributed by atoms with E-state index in [0.29, 0.717) is 6.42 Å². The van der Waals surface area contributed by atoms with Crippen LogP contribution in [-0.4, -0.2) is 46.8 Å². The van der Waals surface area contributed by atoms with Crippen LogP contribution in [0.5, 0.6) is 5.75 Å². The van der Waals surface area contributed by atoms with E-state index in [9.17, 15) is 5.21 Å². The Morgan fingerprint density at radius 1 is 1.32 bits per heavy atom. The lowest BCUT2D eigenvalue weighted by atomic mass is 10.0. The van der Waals surface area contributed by atoms with Crippen LogP contribution in [0.1, 0.15) is 32.8 Å². The average Bonchev–Trinajstić information content (AvgIpc) is 2.40. The molecule has 0 heterocycles. The lowest BCUT2D eigenvalue weighted by molar-refractivity contribution is -1.10. The van der Waals surface area contributed by atoms with E-state index in [-0.39, 0.29) is 23.8 Å². The fraction of sp³-hybridized carbons (Fsp3) is 0.556. The highest BCUT2D eigenvalue weighted by molar-refractivity contribution is 5.28. The lowest BCUT2D eigenvalue weighted by Crippen LogP contribution is -2.49. The van der Waals surface area contributed by atoms with Crippen molar-refractivity contribution in [2.45, 2.75) is 45.3 Å². The molecule has 2 N–H and O–H groups in total. The summed E-state index contributed by atoms with van der Waals surface area (Å²) in [7, 11) is 1.72. The summed E-state index contributed by atoms with van der Waals surface area (Å²) in [5, 5.41) is 19.3. The number of ether oxygens (including phenoxy) is 1. The van der Waals surface area contributed by atoms with Gasteiger partial charge < -0.3 is 9.84 Å². The van der Waals surface area contributed by atoms with Gasteiger partial charge in [-0.2, -0.15) is 4.65 Å². The number of rotatable bonds is 8. The normalized spacial score (nSPS) is 15.7. The molecule has 0 aromatic heterocycles. The Morgan fingerprint density at radius 2 is 1.91 bits per heavy atom. The third kappa shape index (κ3) is 5.69. The summed E-state index contributed by atoms with van der Waals surface area (Å²) in [5.74, 6) is 3.28. The van der Waals surface area contributed by atoms with E-state index in [1.54, 1.807) is 7.05 Å². The van der Waals surface area contributed by atoms with Gasteiger partial charge in [-0.25, -0.2) is 5.21 Å². The van der Waals surface area contributed by atoms with Crippen molar-refractivity contribution in [3.63, 3.8) is 0 Å². The summed E-state index contributed by atoms with van der Waals surface area (Å²) < 4.78 is 5.69. The maximum absolute atomic E-state index is 10.3. The quantitative estimate of drug-likeness (QED) is 0.441. The molecule has 0 amide bonds. The zero-order valence-corrected chi connectivity index (χ0v) is 14.0. The van der Waals surface area contributed by atoms with Crippen LogP contribution in [-0.2, 0) is 6.42 Å². The van der Waals surface area contributed by atoms with Gasteiger partial charge in [-0.05, 0) is 44.4 Å². The predicted molar refractivity (Wildman–Crippen MR) is 87.7 cm³/mol. The highest BCUT2D eigenvalue weighted by Crippen LogP contribution is 2.22. The number of hydrogen-bond donors (Lipinski definition) is 2. The van der Waals surface area contributed by atoms with E-state index in [1.807, 2.05) is 45.0 Å². The monoisotopic (exact) mass is 306 g/mol. The number of nitrogens with zero attached hydrogens (tertiary/aromatic N) is 1. The lowest BCUT2D eigenvalue weighted by Gasteiger charge is -2.30. The SMILES string of the molecule is C#CC[N+](C)(O)C(C)Cc1ccc(OC(C)(C)CCO)cc1. The van der Waals surface area contributed by atoms with Crippen molar-refractivity contribution < 1.29 is 19.7 Å².